The molecule has 4 heteroatoms. The number of rotatable bonds is 5. The van der Waals surface area contributed by atoms with Crippen molar-refractivity contribution < 1.29 is 0 Å². The van der Waals surface area contributed by atoms with Crippen LogP contribution < -0.4 is 5.32 Å². The fourth-order valence-corrected chi connectivity index (χ4v) is 4.35. The van der Waals surface area contributed by atoms with Crippen molar-refractivity contribution >= 4 is 21.6 Å². The Morgan fingerprint density at radius 3 is 2.90 bits per heavy atom. The zero-order chi connectivity index (χ0) is 14.1. The molecule has 1 saturated heterocycles. The monoisotopic (exact) mass is 301 g/mol. The van der Waals surface area contributed by atoms with Gasteiger partial charge >= 0.3 is 0 Å². The van der Waals surface area contributed by atoms with Crippen LogP contribution in [-0.2, 0) is 6.54 Å². The minimum absolute atomic E-state index is 0.818. The molecule has 1 aliphatic carbocycles. The second-order valence-electron chi connectivity index (χ2n) is 6.45. The highest BCUT2D eigenvalue weighted by Crippen LogP contribution is 2.31. The van der Waals surface area contributed by atoms with E-state index >= 15 is 0 Å². The predicted molar refractivity (Wildman–Crippen MR) is 88.6 cm³/mol. The molecule has 21 heavy (non-hydrogen) atoms. The van der Waals surface area contributed by atoms with Gasteiger partial charge in [-0.1, -0.05) is 12.1 Å². The predicted octanol–water partition coefficient (Wildman–Crippen LogP) is 3.26. The summed E-state index contributed by atoms with van der Waals surface area (Å²) in [6.07, 6.45) is 5.48. The highest BCUT2D eigenvalue weighted by atomic mass is 32.1. The van der Waals surface area contributed by atoms with Crippen LogP contribution in [0.1, 0.15) is 30.7 Å². The normalized spacial score (nSPS) is 23.0. The van der Waals surface area contributed by atoms with Gasteiger partial charge in [0, 0.05) is 12.6 Å². The lowest BCUT2D eigenvalue weighted by Gasteiger charge is -2.29. The molecule has 2 aromatic rings. The number of thiazole rings is 1. The first-order valence-corrected chi connectivity index (χ1v) is 8.99. The molecule has 112 valence electrons. The van der Waals surface area contributed by atoms with E-state index in [4.69, 9.17) is 4.98 Å². The molecule has 1 aromatic heterocycles. The van der Waals surface area contributed by atoms with Crippen LogP contribution in [0.2, 0.25) is 0 Å². The largest absolute Gasteiger partial charge is 0.316 e. The molecule has 2 aliphatic rings. The van der Waals surface area contributed by atoms with Crippen LogP contribution >= 0.6 is 11.3 Å². The number of nitrogens with one attached hydrogen (secondary N) is 1. The minimum Gasteiger partial charge on any atom is -0.316 e. The van der Waals surface area contributed by atoms with Crippen LogP contribution in [0.15, 0.2) is 24.3 Å². The van der Waals surface area contributed by atoms with Crippen molar-refractivity contribution in [1.29, 1.82) is 0 Å². The van der Waals surface area contributed by atoms with Gasteiger partial charge in [0.25, 0.3) is 0 Å². The Bertz CT molecular complexity index is 566. The van der Waals surface area contributed by atoms with Gasteiger partial charge in [-0.3, -0.25) is 4.90 Å². The molecule has 1 saturated carbocycles. The van der Waals surface area contributed by atoms with E-state index in [2.05, 4.69) is 34.5 Å². The van der Waals surface area contributed by atoms with Crippen molar-refractivity contribution in [2.45, 2.75) is 38.3 Å². The molecule has 0 bridgehead atoms. The third-order valence-electron chi connectivity index (χ3n) is 4.63. The Morgan fingerprint density at radius 1 is 1.24 bits per heavy atom. The summed E-state index contributed by atoms with van der Waals surface area (Å²) in [4.78, 5) is 7.51. The van der Waals surface area contributed by atoms with Crippen LogP contribution in [0.4, 0.5) is 0 Å². The smallest absolute Gasteiger partial charge is 0.108 e. The molecular weight excluding hydrogens is 278 g/mol. The molecule has 1 unspecified atom stereocenters. The summed E-state index contributed by atoms with van der Waals surface area (Å²) in [5, 5.41) is 4.83. The van der Waals surface area contributed by atoms with Crippen molar-refractivity contribution in [3.63, 3.8) is 0 Å². The Morgan fingerprint density at radius 2 is 2.14 bits per heavy atom. The molecule has 2 heterocycles. The van der Waals surface area contributed by atoms with Gasteiger partial charge in [0.1, 0.15) is 5.01 Å². The summed E-state index contributed by atoms with van der Waals surface area (Å²) < 4.78 is 1.32. The van der Waals surface area contributed by atoms with Crippen LogP contribution in [-0.4, -0.2) is 35.6 Å². The summed E-state index contributed by atoms with van der Waals surface area (Å²) in [5.74, 6) is 0.828. The summed E-state index contributed by atoms with van der Waals surface area (Å²) in [7, 11) is 0. The second-order valence-corrected chi connectivity index (χ2v) is 7.56. The van der Waals surface area contributed by atoms with Crippen molar-refractivity contribution in [3.8, 4) is 0 Å². The zero-order valence-corrected chi connectivity index (χ0v) is 13.2. The van der Waals surface area contributed by atoms with Gasteiger partial charge in [0.2, 0.25) is 0 Å². The highest BCUT2D eigenvalue weighted by Gasteiger charge is 2.31. The molecule has 3 nitrogen and oxygen atoms in total. The Kier molecular flexibility index (Phi) is 3.93. The fraction of sp³-hybridized carbons (Fsp3) is 0.588. The molecule has 1 atom stereocenters. The maximum absolute atomic E-state index is 4.82. The average Bonchev–Trinajstić information content (AvgIpc) is 3.28. The van der Waals surface area contributed by atoms with Crippen LogP contribution in [0, 0.1) is 5.92 Å². The number of nitrogens with zero attached hydrogens (tertiary/aromatic N) is 2. The van der Waals surface area contributed by atoms with E-state index in [9.17, 15) is 0 Å². The molecule has 1 aliphatic heterocycles. The number of benzene rings is 1. The number of hydrogen-bond acceptors (Lipinski definition) is 4. The molecule has 1 aromatic carbocycles. The number of aromatic nitrogens is 1. The topological polar surface area (TPSA) is 28.2 Å². The third-order valence-corrected chi connectivity index (χ3v) is 5.65. The van der Waals surface area contributed by atoms with Crippen LogP contribution in [0.25, 0.3) is 10.2 Å². The second kappa shape index (κ2) is 6.03. The first-order valence-electron chi connectivity index (χ1n) is 8.18. The number of fused-ring (bicyclic) bond motifs is 1. The lowest BCUT2D eigenvalue weighted by molar-refractivity contribution is 0.192. The SMILES string of the molecule is c1ccc2sc(CN(CC3CCCNC3)C3CC3)nc2c1. The van der Waals surface area contributed by atoms with Gasteiger partial charge in [0.05, 0.1) is 16.8 Å². The van der Waals surface area contributed by atoms with Gasteiger partial charge in [-0.2, -0.15) is 0 Å². The molecule has 1 N–H and O–H groups in total. The van der Waals surface area contributed by atoms with Crippen molar-refractivity contribution in [2.75, 3.05) is 19.6 Å². The summed E-state index contributed by atoms with van der Waals surface area (Å²) >= 11 is 1.86. The molecule has 0 radical (unpaired) electrons. The number of piperidine rings is 1. The lowest BCUT2D eigenvalue weighted by Crippen LogP contribution is -2.39. The Balaban J connectivity index is 1.46. The van der Waals surface area contributed by atoms with Crippen molar-refractivity contribution in [1.82, 2.24) is 15.2 Å². The minimum atomic E-state index is 0.818. The van der Waals surface area contributed by atoms with Gasteiger partial charge in [0.15, 0.2) is 0 Å². The van der Waals surface area contributed by atoms with Gasteiger partial charge in [-0.15, -0.1) is 11.3 Å². The van der Waals surface area contributed by atoms with E-state index in [0.717, 1.165) is 24.0 Å². The van der Waals surface area contributed by atoms with Crippen LogP contribution in [0.5, 0.6) is 0 Å². The first-order chi connectivity index (χ1) is 10.4. The van der Waals surface area contributed by atoms with Gasteiger partial charge < -0.3 is 5.32 Å². The average molecular weight is 301 g/mol. The number of hydrogen-bond donors (Lipinski definition) is 1. The van der Waals surface area contributed by atoms with Crippen LogP contribution in [0.3, 0.4) is 0 Å². The first kappa shape index (κ1) is 13.7. The Labute approximate surface area is 130 Å². The summed E-state index contributed by atoms with van der Waals surface area (Å²) in [5.41, 5.74) is 1.16. The molecule has 2 fully saturated rings. The van der Waals surface area contributed by atoms with Crippen molar-refractivity contribution in [2.24, 2.45) is 5.92 Å². The van der Waals surface area contributed by atoms with E-state index in [1.54, 1.807) is 0 Å². The van der Waals surface area contributed by atoms with Gasteiger partial charge in [-0.05, 0) is 56.8 Å². The number of para-hydroxylation sites is 1. The fourth-order valence-electron chi connectivity index (χ4n) is 3.36. The molecule has 0 spiro atoms. The summed E-state index contributed by atoms with van der Waals surface area (Å²) in [6, 6.07) is 9.32. The maximum atomic E-state index is 4.82. The highest BCUT2D eigenvalue weighted by molar-refractivity contribution is 7.18. The van der Waals surface area contributed by atoms with E-state index < -0.39 is 0 Å². The molecule has 4 rings (SSSR count). The Hall–Kier alpha value is -0.970. The van der Waals surface area contributed by atoms with Crippen molar-refractivity contribution in [3.05, 3.63) is 29.3 Å². The van der Waals surface area contributed by atoms with E-state index in [1.807, 2.05) is 11.3 Å². The standard InChI is InChI=1S/C17H23N3S/c1-2-6-16-15(5-1)19-17(21-16)12-20(14-7-8-14)11-13-4-3-9-18-10-13/h1-2,5-6,13-14,18H,3-4,7-12H2. The zero-order valence-electron chi connectivity index (χ0n) is 12.4. The molecular formula is C17H23N3S. The van der Waals surface area contributed by atoms with E-state index in [0.29, 0.717) is 0 Å². The molecule has 0 amide bonds. The van der Waals surface area contributed by atoms with E-state index in [-0.39, 0.29) is 0 Å². The maximum Gasteiger partial charge on any atom is 0.108 e. The summed E-state index contributed by atoms with van der Waals surface area (Å²) in [6.45, 7) is 4.69. The lowest BCUT2D eigenvalue weighted by atomic mass is 9.99. The quantitative estimate of drug-likeness (QED) is 0.919. The third kappa shape index (κ3) is 3.28. The van der Waals surface area contributed by atoms with Gasteiger partial charge in [-0.25, -0.2) is 4.98 Å². The van der Waals surface area contributed by atoms with E-state index in [1.165, 1.54) is 55.0 Å².